The van der Waals surface area contributed by atoms with Gasteiger partial charge in [0.25, 0.3) is 0 Å². The molecule has 0 amide bonds. The fraction of sp³-hybridized carbons (Fsp3) is 0.250. The van der Waals surface area contributed by atoms with E-state index in [2.05, 4.69) is 197 Å². The molecule has 1 N–H and O–H groups in total. The lowest BCUT2D eigenvalue weighted by Gasteiger charge is -2.43. The van der Waals surface area contributed by atoms with E-state index in [9.17, 15) is 0 Å². The number of benzene rings is 5. The normalized spacial score (nSPS) is 17.3. The third kappa shape index (κ3) is 5.25. The molecule has 256 valence electrons. The molecule has 51 heavy (non-hydrogen) atoms. The summed E-state index contributed by atoms with van der Waals surface area (Å²) >= 11 is 0. The first-order valence-electron chi connectivity index (χ1n) is 18.5. The number of nitrogens with zero attached hydrogens (tertiary/aromatic N) is 2. The van der Waals surface area contributed by atoms with Gasteiger partial charge in [-0.2, -0.15) is 0 Å². The van der Waals surface area contributed by atoms with Gasteiger partial charge in [-0.05, 0) is 100 Å². The van der Waals surface area contributed by atoms with Crippen LogP contribution in [0.25, 0.3) is 5.57 Å². The molecule has 3 aliphatic rings. The maximum absolute atomic E-state index is 3.66. The Morgan fingerprint density at radius 2 is 0.980 bits per heavy atom. The van der Waals surface area contributed by atoms with Crippen molar-refractivity contribution in [1.82, 2.24) is 5.32 Å². The highest BCUT2D eigenvalue weighted by atomic mass is 15.2. The summed E-state index contributed by atoms with van der Waals surface area (Å²) in [6, 6.07) is 44.9. The van der Waals surface area contributed by atoms with Crippen molar-refractivity contribution in [3.8, 4) is 0 Å². The number of anilines is 5. The first-order chi connectivity index (χ1) is 24.6. The number of para-hydroxylation sites is 4. The lowest BCUT2D eigenvalue weighted by atomic mass is 9.73. The number of rotatable bonds is 6. The van der Waals surface area contributed by atoms with Crippen molar-refractivity contribution in [2.45, 2.75) is 65.2 Å². The Balaban J connectivity index is 1.17. The van der Waals surface area contributed by atoms with Gasteiger partial charge in [0.2, 0.25) is 0 Å². The number of hydrogen-bond donors (Lipinski definition) is 1. The third-order valence-corrected chi connectivity index (χ3v) is 11.5. The molecule has 3 nitrogen and oxygen atoms in total. The van der Waals surface area contributed by atoms with Crippen LogP contribution in [-0.4, -0.2) is 7.05 Å². The molecule has 5 aromatic rings. The number of hydrogen-bond acceptors (Lipinski definition) is 3. The molecule has 0 saturated carbocycles. The highest BCUT2D eigenvalue weighted by molar-refractivity contribution is 5.87. The van der Waals surface area contributed by atoms with Gasteiger partial charge in [0.15, 0.2) is 0 Å². The van der Waals surface area contributed by atoms with Crippen molar-refractivity contribution in [3.05, 3.63) is 178 Å². The van der Waals surface area contributed by atoms with Crippen molar-refractivity contribution in [2.24, 2.45) is 5.92 Å². The molecule has 2 aliphatic heterocycles. The summed E-state index contributed by atoms with van der Waals surface area (Å²) in [5, 5.41) is 3.66. The SMILES string of the molecule is CN/C(C1=CC=C(N2c3ccccc3C(C)(C)c3ccccc32)CC1)=C(/c1ccc(N2c3ccccc3C(C)(C)c3ccccc32)cc1)C(C)C. The molecule has 3 heteroatoms. The van der Waals surface area contributed by atoms with Crippen LogP contribution in [-0.2, 0) is 10.8 Å². The van der Waals surface area contributed by atoms with E-state index in [-0.39, 0.29) is 10.8 Å². The fourth-order valence-electron chi connectivity index (χ4n) is 8.97. The average molecular weight is 668 g/mol. The smallest absolute Gasteiger partial charge is 0.0502 e. The van der Waals surface area contributed by atoms with E-state index in [1.54, 1.807) is 0 Å². The lowest BCUT2D eigenvalue weighted by Crippen LogP contribution is -2.32. The van der Waals surface area contributed by atoms with Crippen molar-refractivity contribution in [2.75, 3.05) is 16.8 Å². The van der Waals surface area contributed by atoms with Gasteiger partial charge in [0.1, 0.15) is 0 Å². The maximum atomic E-state index is 3.66. The molecule has 0 fully saturated rings. The second-order valence-electron chi connectivity index (χ2n) is 15.6. The molecule has 1 aliphatic carbocycles. The Morgan fingerprint density at radius 3 is 1.37 bits per heavy atom. The first-order valence-corrected chi connectivity index (χ1v) is 18.5. The Labute approximate surface area is 304 Å². The van der Waals surface area contributed by atoms with Gasteiger partial charge in [0, 0.05) is 46.3 Å². The second-order valence-corrected chi connectivity index (χ2v) is 15.6. The molecule has 0 saturated heterocycles. The molecule has 2 heterocycles. The zero-order chi connectivity index (χ0) is 35.5. The first kappa shape index (κ1) is 32.9. The minimum atomic E-state index is -0.0712. The Bertz CT molecular complexity index is 2130. The van der Waals surface area contributed by atoms with Crippen LogP contribution >= 0.6 is 0 Å². The summed E-state index contributed by atoms with van der Waals surface area (Å²) in [6.07, 6.45) is 6.65. The summed E-state index contributed by atoms with van der Waals surface area (Å²) in [5.41, 5.74) is 18.1. The number of likely N-dealkylation sites (N-methyl/N-ethyl adjacent to an activating group) is 1. The van der Waals surface area contributed by atoms with Gasteiger partial charge in [-0.15, -0.1) is 0 Å². The fourth-order valence-corrected chi connectivity index (χ4v) is 8.97. The molecule has 5 aromatic carbocycles. The Kier molecular flexibility index (Phi) is 8.06. The van der Waals surface area contributed by atoms with Crippen molar-refractivity contribution in [3.63, 3.8) is 0 Å². The lowest BCUT2D eigenvalue weighted by molar-refractivity contribution is 0.627. The van der Waals surface area contributed by atoms with Crippen LogP contribution in [0.3, 0.4) is 0 Å². The zero-order valence-electron chi connectivity index (χ0n) is 31.1. The van der Waals surface area contributed by atoms with E-state index >= 15 is 0 Å². The minimum Gasteiger partial charge on any atom is -0.388 e. The average Bonchev–Trinajstić information content (AvgIpc) is 3.15. The molecule has 8 rings (SSSR count). The van der Waals surface area contributed by atoms with Crippen LogP contribution in [0, 0.1) is 5.92 Å². The summed E-state index contributed by atoms with van der Waals surface area (Å²) < 4.78 is 0. The molecular weight excluding hydrogens is 619 g/mol. The number of allylic oxidation sites excluding steroid dienone is 5. The van der Waals surface area contributed by atoms with Gasteiger partial charge in [0.05, 0.1) is 11.4 Å². The van der Waals surface area contributed by atoms with Gasteiger partial charge < -0.3 is 15.1 Å². The molecule has 0 atom stereocenters. The molecule has 0 unspecified atom stereocenters. The van der Waals surface area contributed by atoms with E-state index in [1.807, 2.05) is 0 Å². The highest BCUT2D eigenvalue weighted by Crippen LogP contribution is 2.53. The minimum absolute atomic E-state index is 0.0545. The van der Waals surface area contributed by atoms with Crippen LogP contribution < -0.4 is 15.1 Å². The summed E-state index contributed by atoms with van der Waals surface area (Å²) in [4.78, 5) is 4.94. The van der Waals surface area contributed by atoms with Crippen LogP contribution in [0.1, 0.15) is 82.2 Å². The van der Waals surface area contributed by atoms with Gasteiger partial charge in [-0.3, -0.25) is 0 Å². The van der Waals surface area contributed by atoms with E-state index in [1.165, 1.54) is 78.8 Å². The predicted octanol–water partition coefficient (Wildman–Crippen LogP) is 12.5. The topological polar surface area (TPSA) is 18.5 Å². The van der Waals surface area contributed by atoms with E-state index in [0.29, 0.717) is 5.92 Å². The molecule has 0 radical (unpaired) electrons. The molecule has 0 bridgehead atoms. The van der Waals surface area contributed by atoms with Crippen LogP contribution in [0.4, 0.5) is 28.4 Å². The van der Waals surface area contributed by atoms with E-state index in [0.717, 1.165) is 12.8 Å². The number of nitrogens with one attached hydrogen (secondary N) is 1. The van der Waals surface area contributed by atoms with Crippen LogP contribution in [0.2, 0.25) is 0 Å². The summed E-state index contributed by atoms with van der Waals surface area (Å²) in [6.45, 7) is 14.0. The molecule has 0 spiro atoms. The van der Waals surface area contributed by atoms with Crippen molar-refractivity contribution in [1.29, 1.82) is 0 Å². The van der Waals surface area contributed by atoms with Crippen molar-refractivity contribution < 1.29 is 0 Å². The van der Waals surface area contributed by atoms with E-state index < -0.39 is 0 Å². The van der Waals surface area contributed by atoms with Crippen LogP contribution in [0.15, 0.2) is 150 Å². The quantitative estimate of drug-likeness (QED) is 0.194. The molecule has 0 aromatic heterocycles. The maximum Gasteiger partial charge on any atom is 0.0502 e. The predicted molar refractivity (Wildman–Crippen MR) is 217 cm³/mol. The Hall–Kier alpha value is -5.28. The van der Waals surface area contributed by atoms with Crippen LogP contribution in [0.5, 0.6) is 0 Å². The van der Waals surface area contributed by atoms with Gasteiger partial charge in [-0.25, -0.2) is 0 Å². The summed E-state index contributed by atoms with van der Waals surface area (Å²) in [7, 11) is 2.08. The largest absolute Gasteiger partial charge is 0.388 e. The highest BCUT2D eigenvalue weighted by Gasteiger charge is 2.38. The monoisotopic (exact) mass is 667 g/mol. The van der Waals surface area contributed by atoms with Gasteiger partial charge >= 0.3 is 0 Å². The molecular formula is C48H49N3. The second kappa shape index (κ2) is 12.5. The number of fused-ring (bicyclic) bond motifs is 4. The van der Waals surface area contributed by atoms with E-state index in [4.69, 9.17) is 0 Å². The zero-order valence-corrected chi connectivity index (χ0v) is 31.1. The standard InChI is InChI=1S/C48H49N3/c1-32(2)45(33-24-28-35(29-25-33)50-41-20-12-8-16-37(41)47(3,4)38-17-9-13-21-42(38)50)46(49-7)34-26-30-36(31-27-34)51-43-22-14-10-18-39(43)48(5,6)40-19-11-15-23-44(40)51/h8-26,28-30,32,49H,27,31H2,1-7H3/b46-45+. The van der Waals surface area contributed by atoms with Gasteiger partial charge in [-0.1, -0.05) is 133 Å². The van der Waals surface area contributed by atoms with Crippen molar-refractivity contribution >= 4 is 34.0 Å². The summed E-state index contributed by atoms with van der Waals surface area (Å²) in [5.74, 6) is 0.338. The Morgan fingerprint density at radius 1 is 0.549 bits per heavy atom. The third-order valence-electron chi connectivity index (χ3n) is 11.5.